The van der Waals surface area contributed by atoms with Crippen LogP contribution < -0.4 is 0 Å². The van der Waals surface area contributed by atoms with E-state index in [0.717, 1.165) is 88.7 Å². The molecular formula is C52H33N3O2. The first-order chi connectivity index (χ1) is 28.2. The van der Waals surface area contributed by atoms with Crippen LogP contribution in [0.2, 0.25) is 0 Å². The summed E-state index contributed by atoms with van der Waals surface area (Å²) in [6, 6.07) is 64.2. The van der Waals surface area contributed by atoms with Crippen molar-refractivity contribution < 1.29 is 9.52 Å². The summed E-state index contributed by atoms with van der Waals surface area (Å²) >= 11 is 0. The number of hydrogen-bond donors (Lipinski definition) is 1. The minimum absolute atomic E-state index is 0.168. The molecule has 0 saturated carbocycles. The molecule has 0 spiro atoms. The molecule has 0 radical (unpaired) electrons. The van der Waals surface area contributed by atoms with Crippen LogP contribution in [-0.2, 0) is 0 Å². The van der Waals surface area contributed by atoms with Gasteiger partial charge >= 0.3 is 0 Å². The van der Waals surface area contributed by atoms with E-state index in [1.54, 1.807) is 6.07 Å². The number of furan rings is 1. The van der Waals surface area contributed by atoms with Gasteiger partial charge in [-0.2, -0.15) is 0 Å². The lowest BCUT2D eigenvalue weighted by Crippen LogP contribution is -2.00. The molecule has 5 heteroatoms. The third-order valence-electron chi connectivity index (χ3n) is 11.0. The number of imidazole rings is 1. The first kappa shape index (κ1) is 32.7. The summed E-state index contributed by atoms with van der Waals surface area (Å²) in [5, 5.41) is 15.7. The van der Waals surface area contributed by atoms with E-state index in [-0.39, 0.29) is 5.75 Å². The first-order valence-corrected chi connectivity index (χ1v) is 19.0. The number of rotatable bonds is 6. The number of benzene rings is 8. The Balaban J connectivity index is 1.15. The van der Waals surface area contributed by atoms with Gasteiger partial charge in [-0.05, 0) is 81.6 Å². The van der Waals surface area contributed by atoms with Crippen LogP contribution in [0.5, 0.6) is 5.75 Å². The van der Waals surface area contributed by atoms with Crippen molar-refractivity contribution in [3.63, 3.8) is 0 Å². The molecule has 5 nitrogen and oxygen atoms in total. The van der Waals surface area contributed by atoms with E-state index in [4.69, 9.17) is 14.4 Å². The summed E-state index contributed by atoms with van der Waals surface area (Å²) in [5.41, 5.74) is 13.1. The maximum Gasteiger partial charge on any atom is 0.149 e. The first-order valence-electron chi connectivity index (χ1n) is 19.0. The molecule has 0 aliphatic heterocycles. The van der Waals surface area contributed by atoms with E-state index in [0.29, 0.717) is 11.4 Å². The fourth-order valence-electron chi connectivity index (χ4n) is 8.28. The maximum atomic E-state index is 11.3. The van der Waals surface area contributed by atoms with Crippen molar-refractivity contribution in [1.82, 2.24) is 14.5 Å². The van der Waals surface area contributed by atoms with Crippen molar-refractivity contribution in [3.05, 3.63) is 194 Å². The van der Waals surface area contributed by atoms with Crippen molar-refractivity contribution in [2.24, 2.45) is 0 Å². The molecule has 0 unspecified atom stereocenters. The second-order valence-corrected chi connectivity index (χ2v) is 14.3. The third kappa shape index (κ3) is 5.48. The molecule has 57 heavy (non-hydrogen) atoms. The number of nitrogens with zero attached hydrogens (tertiary/aromatic N) is 3. The number of aromatic hydroxyl groups is 1. The van der Waals surface area contributed by atoms with Crippen molar-refractivity contribution >= 4 is 43.7 Å². The molecule has 0 aliphatic carbocycles. The number of phenols is 1. The summed E-state index contributed by atoms with van der Waals surface area (Å²) in [7, 11) is 0. The average molecular weight is 732 g/mol. The Hall–Kier alpha value is -7.76. The minimum Gasteiger partial charge on any atom is -0.507 e. The zero-order valence-electron chi connectivity index (χ0n) is 30.7. The lowest BCUT2D eigenvalue weighted by Gasteiger charge is -2.15. The predicted molar refractivity (Wildman–Crippen MR) is 232 cm³/mol. The van der Waals surface area contributed by atoms with Crippen LogP contribution in [0.4, 0.5) is 0 Å². The van der Waals surface area contributed by atoms with Crippen LogP contribution in [0.25, 0.3) is 105 Å². The standard InChI is InChI=1S/C52H33N3O2/c56-47-25-12-10-21-42(47)52-54-51-41(22-13-24-46(51)55(52)45-23-11-9-19-39(45)34-16-5-2-6-17-34)37-28-36(33-14-3-1-4-15-33)29-38(30-37)44-31-49-43(32-53-44)50-40-20-8-7-18-35(40)26-27-48(50)57-49/h1-32,56H. The largest absolute Gasteiger partial charge is 0.507 e. The van der Waals surface area contributed by atoms with Crippen molar-refractivity contribution in [2.45, 2.75) is 0 Å². The molecule has 8 aromatic carbocycles. The smallest absolute Gasteiger partial charge is 0.149 e. The van der Waals surface area contributed by atoms with Crippen LogP contribution in [0.3, 0.4) is 0 Å². The van der Waals surface area contributed by atoms with Gasteiger partial charge in [0.2, 0.25) is 0 Å². The van der Waals surface area contributed by atoms with E-state index >= 15 is 0 Å². The second-order valence-electron chi connectivity index (χ2n) is 14.3. The highest BCUT2D eigenvalue weighted by Gasteiger charge is 2.22. The number of pyridine rings is 1. The van der Waals surface area contributed by atoms with E-state index < -0.39 is 0 Å². The van der Waals surface area contributed by atoms with Gasteiger partial charge in [-0.15, -0.1) is 0 Å². The van der Waals surface area contributed by atoms with Crippen LogP contribution >= 0.6 is 0 Å². The Morgan fingerprint density at radius 3 is 2.00 bits per heavy atom. The number of hydrogen-bond acceptors (Lipinski definition) is 4. The number of para-hydroxylation sites is 3. The summed E-state index contributed by atoms with van der Waals surface area (Å²) in [5.74, 6) is 0.823. The Bertz CT molecular complexity index is 3310. The molecule has 268 valence electrons. The van der Waals surface area contributed by atoms with Gasteiger partial charge in [0, 0.05) is 39.7 Å². The third-order valence-corrected chi connectivity index (χ3v) is 11.0. The molecule has 0 atom stereocenters. The predicted octanol–water partition coefficient (Wildman–Crippen LogP) is 13.5. The van der Waals surface area contributed by atoms with Crippen molar-refractivity contribution in [3.8, 4) is 67.5 Å². The highest BCUT2D eigenvalue weighted by atomic mass is 16.3. The highest BCUT2D eigenvalue weighted by Crippen LogP contribution is 2.42. The Morgan fingerprint density at radius 1 is 0.474 bits per heavy atom. The lowest BCUT2D eigenvalue weighted by molar-refractivity contribution is 0.477. The summed E-state index contributed by atoms with van der Waals surface area (Å²) in [6.07, 6.45) is 1.95. The van der Waals surface area contributed by atoms with Gasteiger partial charge in [-0.3, -0.25) is 9.55 Å². The van der Waals surface area contributed by atoms with E-state index in [1.165, 1.54) is 5.39 Å². The number of fused-ring (bicyclic) bond motifs is 6. The molecule has 0 fully saturated rings. The zero-order valence-corrected chi connectivity index (χ0v) is 30.7. The zero-order chi connectivity index (χ0) is 37.9. The Morgan fingerprint density at radius 2 is 1.16 bits per heavy atom. The molecule has 3 aromatic heterocycles. The van der Waals surface area contributed by atoms with Gasteiger partial charge in [-0.25, -0.2) is 4.98 Å². The topological polar surface area (TPSA) is 64.1 Å². The quantitative estimate of drug-likeness (QED) is 0.185. The fraction of sp³-hybridized carbons (Fsp3) is 0. The fourth-order valence-corrected chi connectivity index (χ4v) is 8.28. The number of aromatic nitrogens is 3. The lowest BCUT2D eigenvalue weighted by atomic mass is 9.94. The van der Waals surface area contributed by atoms with Gasteiger partial charge in [0.15, 0.2) is 0 Å². The SMILES string of the molecule is Oc1ccccc1-c1nc2c(-c3cc(-c4ccccc4)cc(-c4cc5oc6ccc7ccccc7c6c5cn4)c3)cccc2n1-c1ccccc1-c1ccccc1. The van der Waals surface area contributed by atoms with Gasteiger partial charge in [0.25, 0.3) is 0 Å². The molecule has 11 aromatic rings. The van der Waals surface area contributed by atoms with Crippen molar-refractivity contribution in [2.75, 3.05) is 0 Å². The van der Waals surface area contributed by atoms with E-state index in [2.05, 4.69) is 150 Å². The van der Waals surface area contributed by atoms with Crippen LogP contribution in [-0.4, -0.2) is 19.6 Å². The molecule has 0 amide bonds. The Labute approximate surface area is 328 Å². The van der Waals surface area contributed by atoms with Crippen molar-refractivity contribution in [1.29, 1.82) is 0 Å². The maximum absolute atomic E-state index is 11.3. The normalized spacial score (nSPS) is 11.6. The van der Waals surface area contributed by atoms with Gasteiger partial charge in [-0.1, -0.05) is 133 Å². The summed E-state index contributed by atoms with van der Waals surface area (Å²) in [4.78, 5) is 10.5. The van der Waals surface area contributed by atoms with E-state index in [9.17, 15) is 5.11 Å². The van der Waals surface area contributed by atoms with Gasteiger partial charge in [0.05, 0.1) is 28.0 Å². The molecule has 1 N–H and O–H groups in total. The monoisotopic (exact) mass is 731 g/mol. The molecule has 3 heterocycles. The molecular weight excluding hydrogens is 699 g/mol. The molecule has 0 bridgehead atoms. The second kappa shape index (κ2) is 13.2. The Kier molecular flexibility index (Phi) is 7.57. The van der Waals surface area contributed by atoms with Gasteiger partial charge in [0.1, 0.15) is 22.7 Å². The van der Waals surface area contributed by atoms with Crippen LogP contribution in [0.15, 0.2) is 199 Å². The molecule has 0 aliphatic rings. The minimum atomic E-state index is 0.168. The average Bonchev–Trinajstić information content (AvgIpc) is 3.86. The molecule has 0 saturated heterocycles. The highest BCUT2D eigenvalue weighted by molar-refractivity contribution is 6.18. The van der Waals surface area contributed by atoms with E-state index in [1.807, 2.05) is 42.6 Å². The number of phenolic OH excluding ortho intramolecular Hbond substituents is 1. The van der Waals surface area contributed by atoms with Gasteiger partial charge < -0.3 is 9.52 Å². The van der Waals surface area contributed by atoms with Crippen LogP contribution in [0.1, 0.15) is 0 Å². The summed E-state index contributed by atoms with van der Waals surface area (Å²) in [6.45, 7) is 0. The van der Waals surface area contributed by atoms with Crippen LogP contribution in [0, 0.1) is 0 Å². The summed E-state index contributed by atoms with van der Waals surface area (Å²) < 4.78 is 8.67. The molecule has 11 rings (SSSR count).